The molecule has 0 saturated carbocycles. The van der Waals surface area contributed by atoms with Crippen LogP contribution in [0, 0.1) is 0 Å². The van der Waals surface area contributed by atoms with E-state index in [1.165, 1.54) is 17.3 Å². The fourth-order valence-corrected chi connectivity index (χ4v) is 4.74. The maximum Gasteiger partial charge on any atom is 0.276 e. The molecule has 2 aliphatic heterocycles. The van der Waals surface area contributed by atoms with Gasteiger partial charge in [-0.2, -0.15) is 11.3 Å². The summed E-state index contributed by atoms with van der Waals surface area (Å²) in [7, 11) is 0. The zero-order valence-electron chi connectivity index (χ0n) is 14.8. The van der Waals surface area contributed by atoms with Crippen LogP contribution in [0.25, 0.3) is 5.70 Å². The maximum atomic E-state index is 13.0. The van der Waals surface area contributed by atoms with Crippen molar-refractivity contribution in [1.29, 1.82) is 0 Å². The highest BCUT2D eigenvalue weighted by molar-refractivity contribution is 8.13. The summed E-state index contributed by atoms with van der Waals surface area (Å²) in [6.45, 7) is 0. The van der Waals surface area contributed by atoms with Crippen molar-refractivity contribution in [3.05, 3.63) is 93.1 Å². The number of amidine groups is 1. The Balaban J connectivity index is 1.56. The lowest BCUT2D eigenvalue weighted by atomic mass is 10.1. The Morgan fingerprint density at radius 1 is 1.07 bits per heavy atom. The quantitative estimate of drug-likeness (QED) is 0.730. The number of thioether (sulfide) groups is 1. The molecule has 2 aromatic carbocycles. The van der Waals surface area contributed by atoms with Crippen LogP contribution in [0.5, 0.6) is 0 Å². The van der Waals surface area contributed by atoms with Gasteiger partial charge in [0.2, 0.25) is 0 Å². The number of carbonyl (C=O) groups excluding carboxylic acids is 1. The summed E-state index contributed by atoms with van der Waals surface area (Å²) < 4.78 is 0. The number of hydrazone groups is 1. The first-order chi connectivity index (χ1) is 13.8. The summed E-state index contributed by atoms with van der Waals surface area (Å²) in [5.41, 5.74) is 2.76. The Bertz CT molecular complexity index is 1170. The van der Waals surface area contributed by atoms with E-state index in [1.807, 2.05) is 53.9 Å². The van der Waals surface area contributed by atoms with Gasteiger partial charge >= 0.3 is 0 Å². The molecule has 2 aliphatic rings. The number of carbonyl (C=O) groups is 1. The standard InChI is InChI=1S/C21H16N4OS2/c26-20-18-16-8-4-5-9-17(16)22-19(15-10-11-27-13-15)25(18)24-21(23-20)28-12-14-6-2-1-3-7-14/h1-11,13,19H,12H2,(H,23,24,26)/t19-/m1/s1. The van der Waals surface area contributed by atoms with Crippen molar-refractivity contribution in [3.63, 3.8) is 0 Å². The molecule has 1 N–H and O–H groups in total. The maximum absolute atomic E-state index is 13.0. The molecule has 1 amide bonds. The summed E-state index contributed by atoms with van der Waals surface area (Å²) in [4.78, 5) is 17.9. The van der Waals surface area contributed by atoms with Gasteiger partial charge in [-0.1, -0.05) is 60.3 Å². The first-order valence-corrected chi connectivity index (χ1v) is 10.8. The molecule has 0 radical (unpaired) electrons. The predicted molar refractivity (Wildman–Crippen MR) is 113 cm³/mol. The Morgan fingerprint density at radius 2 is 1.89 bits per heavy atom. The van der Waals surface area contributed by atoms with E-state index in [-0.39, 0.29) is 12.1 Å². The summed E-state index contributed by atoms with van der Waals surface area (Å²) in [5.74, 6) is 0.591. The molecule has 0 fully saturated rings. The number of para-hydroxylation sites is 1. The van der Waals surface area contributed by atoms with Gasteiger partial charge in [0.15, 0.2) is 11.3 Å². The van der Waals surface area contributed by atoms with Gasteiger partial charge in [0.25, 0.3) is 5.91 Å². The SMILES string of the molecule is O=C1NC(SCc2ccccc2)=NN2C1=c1ccccc1=N[C@H]2c1ccsc1. The van der Waals surface area contributed by atoms with E-state index < -0.39 is 0 Å². The molecule has 0 bridgehead atoms. The fourth-order valence-electron chi connectivity index (χ4n) is 3.26. The van der Waals surface area contributed by atoms with Gasteiger partial charge in [-0.15, -0.1) is 5.10 Å². The van der Waals surface area contributed by atoms with Crippen molar-refractivity contribution < 1.29 is 4.79 Å². The van der Waals surface area contributed by atoms with Crippen LogP contribution in [0.1, 0.15) is 17.3 Å². The molecule has 5 rings (SSSR count). The number of thiophene rings is 1. The van der Waals surface area contributed by atoms with E-state index in [9.17, 15) is 4.79 Å². The zero-order chi connectivity index (χ0) is 18.9. The lowest BCUT2D eigenvalue weighted by Crippen LogP contribution is -2.50. The smallest absolute Gasteiger partial charge is 0.276 e. The number of benzene rings is 2. The number of amides is 1. The minimum absolute atomic E-state index is 0.145. The Morgan fingerprint density at radius 3 is 2.71 bits per heavy atom. The number of nitrogens with one attached hydrogen (secondary N) is 1. The van der Waals surface area contributed by atoms with Gasteiger partial charge < -0.3 is 0 Å². The average Bonchev–Trinajstić information content (AvgIpc) is 3.27. The van der Waals surface area contributed by atoms with Crippen LogP contribution in [0.3, 0.4) is 0 Å². The molecule has 3 aromatic rings. The molecule has 28 heavy (non-hydrogen) atoms. The van der Waals surface area contributed by atoms with E-state index in [1.54, 1.807) is 16.3 Å². The summed E-state index contributed by atoms with van der Waals surface area (Å²) >= 11 is 3.13. The van der Waals surface area contributed by atoms with Gasteiger partial charge in [-0.3, -0.25) is 15.1 Å². The van der Waals surface area contributed by atoms with Crippen molar-refractivity contribution in [2.45, 2.75) is 11.9 Å². The summed E-state index contributed by atoms with van der Waals surface area (Å²) in [6.07, 6.45) is -0.338. The Kier molecular flexibility index (Phi) is 4.46. The molecule has 0 spiro atoms. The predicted octanol–water partition coefficient (Wildman–Crippen LogP) is 2.82. The number of hydrogen-bond donors (Lipinski definition) is 1. The van der Waals surface area contributed by atoms with E-state index >= 15 is 0 Å². The number of rotatable bonds is 3. The van der Waals surface area contributed by atoms with E-state index in [4.69, 9.17) is 10.1 Å². The van der Waals surface area contributed by atoms with Crippen LogP contribution in [0.15, 0.2) is 81.5 Å². The lowest BCUT2D eigenvalue weighted by Gasteiger charge is -2.33. The van der Waals surface area contributed by atoms with Crippen molar-refractivity contribution in [3.8, 4) is 0 Å². The molecule has 0 saturated heterocycles. The van der Waals surface area contributed by atoms with Crippen LogP contribution in [-0.2, 0) is 10.5 Å². The average molecular weight is 405 g/mol. The van der Waals surface area contributed by atoms with E-state index in [2.05, 4.69) is 22.8 Å². The van der Waals surface area contributed by atoms with Crippen molar-refractivity contribution >= 4 is 39.9 Å². The summed E-state index contributed by atoms with van der Waals surface area (Å²) in [5, 5.41) is 15.8. The van der Waals surface area contributed by atoms with Crippen LogP contribution < -0.4 is 15.9 Å². The van der Waals surface area contributed by atoms with Crippen LogP contribution in [-0.4, -0.2) is 16.1 Å². The van der Waals surface area contributed by atoms with Crippen LogP contribution in [0.2, 0.25) is 0 Å². The van der Waals surface area contributed by atoms with E-state index in [0.717, 1.165) is 21.9 Å². The molecule has 0 aliphatic carbocycles. The highest BCUT2D eigenvalue weighted by Crippen LogP contribution is 2.32. The Hall–Kier alpha value is -2.90. The molecule has 3 heterocycles. The highest BCUT2D eigenvalue weighted by atomic mass is 32.2. The van der Waals surface area contributed by atoms with Crippen molar-refractivity contribution in [1.82, 2.24) is 10.3 Å². The van der Waals surface area contributed by atoms with Crippen LogP contribution >= 0.6 is 23.1 Å². The molecule has 138 valence electrons. The molecule has 5 nitrogen and oxygen atoms in total. The number of fused-ring (bicyclic) bond motifs is 2. The third-order valence-corrected chi connectivity index (χ3v) is 6.21. The minimum Gasteiger partial charge on any atom is -0.298 e. The monoisotopic (exact) mass is 404 g/mol. The lowest BCUT2D eigenvalue weighted by molar-refractivity contribution is -0.116. The molecule has 0 unspecified atom stereocenters. The van der Waals surface area contributed by atoms with Gasteiger partial charge in [0.05, 0.1) is 5.36 Å². The number of hydrogen-bond acceptors (Lipinski definition) is 6. The van der Waals surface area contributed by atoms with Gasteiger partial charge in [-0.05, 0) is 28.5 Å². The second-order valence-corrected chi connectivity index (χ2v) is 8.15. The third kappa shape index (κ3) is 3.12. The normalized spacial score (nSPS) is 17.9. The van der Waals surface area contributed by atoms with E-state index in [0.29, 0.717) is 10.9 Å². The second kappa shape index (κ2) is 7.26. The molecular weight excluding hydrogens is 388 g/mol. The van der Waals surface area contributed by atoms with Gasteiger partial charge in [0, 0.05) is 16.5 Å². The van der Waals surface area contributed by atoms with Crippen molar-refractivity contribution in [2.24, 2.45) is 10.1 Å². The van der Waals surface area contributed by atoms with Gasteiger partial charge in [0.1, 0.15) is 5.70 Å². The largest absolute Gasteiger partial charge is 0.298 e. The minimum atomic E-state index is -0.338. The summed E-state index contributed by atoms with van der Waals surface area (Å²) in [6, 6.07) is 19.9. The number of nitrogens with zero attached hydrogens (tertiary/aromatic N) is 3. The topological polar surface area (TPSA) is 57.1 Å². The molecule has 1 atom stereocenters. The first-order valence-electron chi connectivity index (χ1n) is 8.85. The highest BCUT2D eigenvalue weighted by Gasteiger charge is 2.34. The molecule has 1 aromatic heterocycles. The Labute approximate surface area is 170 Å². The van der Waals surface area contributed by atoms with Gasteiger partial charge in [-0.25, -0.2) is 5.01 Å². The molecule has 7 heteroatoms. The zero-order valence-corrected chi connectivity index (χ0v) is 16.4. The third-order valence-electron chi connectivity index (χ3n) is 4.58. The van der Waals surface area contributed by atoms with Crippen LogP contribution in [0.4, 0.5) is 0 Å². The second-order valence-electron chi connectivity index (χ2n) is 6.40. The van der Waals surface area contributed by atoms with Crippen molar-refractivity contribution in [2.75, 3.05) is 0 Å². The molecular formula is C21H16N4OS2. The first kappa shape index (κ1) is 17.2. The fraction of sp³-hybridized carbons (Fsp3) is 0.0952.